The largest absolute Gasteiger partial charge is 0.476 e. The van der Waals surface area contributed by atoms with E-state index in [4.69, 9.17) is 39.0 Å². The number of aromatic amines is 2. The molecule has 26 heteroatoms. The second-order valence-corrected chi connectivity index (χ2v) is 16.2. The lowest BCUT2D eigenvalue weighted by atomic mass is 10.1. The van der Waals surface area contributed by atoms with Crippen molar-refractivity contribution in [2.75, 3.05) is 24.7 Å². The fourth-order valence-corrected chi connectivity index (χ4v) is 8.33. The number of nitrogens with one attached hydrogen (secondary N) is 2. The quantitative estimate of drug-likeness (QED) is 0.0989. The maximum atomic E-state index is 16.0. The van der Waals surface area contributed by atoms with Gasteiger partial charge in [-0.15, -0.1) is 0 Å². The van der Waals surface area contributed by atoms with Gasteiger partial charge in [-0.25, -0.2) is 18.7 Å². The first kappa shape index (κ1) is 32.0. The molecule has 3 aliphatic heterocycles. The summed E-state index contributed by atoms with van der Waals surface area (Å²) in [6, 6.07) is 0. The van der Waals surface area contributed by atoms with Gasteiger partial charge in [0.2, 0.25) is 11.9 Å². The van der Waals surface area contributed by atoms with Gasteiger partial charge >= 0.3 is 14.3 Å². The number of anilines is 2. The first-order valence-electron chi connectivity index (χ1n) is 13.1. The topological polar surface area (TPSA) is 275 Å². The summed E-state index contributed by atoms with van der Waals surface area (Å²) in [6.45, 7) is -1.30. The second-order valence-electron chi connectivity index (χ2n) is 10.3. The minimum Gasteiger partial charge on any atom is -0.369 e. The van der Waals surface area contributed by atoms with Crippen LogP contribution in [0.15, 0.2) is 22.2 Å². The number of fused-ring (bicyclic) bond motifs is 4. The molecule has 20 nitrogen and oxygen atoms in total. The van der Waals surface area contributed by atoms with Gasteiger partial charge < -0.3 is 20.9 Å². The molecule has 0 amide bonds. The highest BCUT2D eigenvalue weighted by atomic mass is 32.7. The van der Waals surface area contributed by atoms with Crippen LogP contribution in [0.1, 0.15) is 12.5 Å². The molecule has 4 aromatic heterocycles. The number of thiol groups is 2. The van der Waals surface area contributed by atoms with Gasteiger partial charge in [-0.05, 0) is 0 Å². The van der Waals surface area contributed by atoms with Crippen LogP contribution < -0.4 is 22.6 Å². The Morgan fingerprint density at radius 3 is 1.59 bits per heavy atom. The van der Waals surface area contributed by atoms with E-state index in [2.05, 4.69) is 54.4 Å². The molecule has 10 unspecified atom stereocenters. The van der Waals surface area contributed by atoms with Crippen molar-refractivity contribution < 1.29 is 46.1 Å². The molecule has 0 radical (unpaired) electrons. The number of nitrogen functional groups attached to an aromatic ring is 2. The smallest absolute Gasteiger partial charge is 0.369 e. The van der Waals surface area contributed by atoms with Gasteiger partial charge in [0.1, 0.15) is 25.4 Å². The Kier molecular flexibility index (Phi) is 8.01. The van der Waals surface area contributed by atoms with Crippen molar-refractivity contribution in [1.82, 2.24) is 39.0 Å². The molecule has 0 spiro atoms. The van der Waals surface area contributed by atoms with Crippen LogP contribution in [0.3, 0.4) is 0 Å². The van der Waals surface area contributed by atoms with Gasteiger partial charge in [-0.1, -0.05) is 0 Å². The fourth-order valence-electron chi connectivity index (χ4n) is 5.33. The van der Waals surface area contributed by atoms with E-state index in [0.29, 0.717) is 0 Å². The number of imidazole rings is 2. The van der Waals surface area contributed by atoms with Crippen LogP contribution in [0.4, 0.5) is 20.7 Å². The molecule has 3 aliphatic rings. The lowest BCUT2D eigenvalue weighted by molar-refractivity contribution is -0.0590. The minimum absolute atomic E-state index is 0.109. The molecule has 0 saturated carbocycles. The number of alkyl halides is 2. The number of nitrogens with two attached hydrogens (primary N) is 2. The van der Waals surface area contributed by atoms with E-state index in [1.54, 1.807) is 0 Å². The SMILES string of the molecule is Nc1nc2c(ncn2C2OC3CO[P+](O)(S)OC4C(CO[P+](O)(S)OC3C2F)OC(n2cnc3c(=O)[nH]c(N)nc32)C4F)c(=O)[nH]1. The summed E-state index contributed by atoms with van der Waals surface area (Å²) in [4.78, 5) is 66.8. The van der Waals surface area contributed by atoms with Crippen LogP contribution in [-0.2, 0) is 27.6 Å². The van der Waals surface area contributed by atoms with Gasteiger partial charge in [0.05, 0.1) is 37.2 Å². The first-order chi connectivity index (χ1) is 21.7. The van der Waals surface area contributed by atoms with E-state index in [1.165, 1.54) is 0 Å². The van der Waals surface area contributed by atoms with E-state index >= 15 is 8.78 Å². The molecule has 4 aromatic rings. The molecule has 0 aromatic carbocycles. The van der Waals surface area contributed by atoms with Crippen LogP contribution in [0, 0.1) is 0 Å². The Morgan fingerprint density at radius 1 is 0.804 bits per heavy atom. The molecule has 0 bridgehead atoms. The third-order valence-electron chi connectivity index (χ3n) is 7.32. The lowest BCUT2D eigenvalue weighted by Gasteiger charge is -2.25. The molecule has 7 heterocycles. The number of hydrogen-bond donors (Lipinski definition) is 8. The van der Waals surface area contributed by atoms with Crippen LogP contribution in [0.5, 0.6) is 0 Å². The number of aromatic nitrogens is 8. The van der Waals surface area contributed by atoms with Crippen molar-refractivity contribution in [2.24, 2.45) is 0 Å². The fraction of sp³-hybridized carbons (Fsp3) is 0.500. The highest BCUT2D eigenvalue weighted by Gasteiger charge is 2.60. The van der Waals surface area contributed by atoms with E-state index < -0.39 is 87.8 Å². The number of halogens is 2. The van der Waals surface area contributed by atoms with Gasteiger partial charge in [0.15, 0.2) is 59.3 Å². The van der Waals surface area contributed by atoms with Crippen molar-refractivity contribution in [2.45, 2.75) is 49.2 Å². The number of ether oxygens (including phenoxy) is 2. The summed E-state index contributed by atoms with van der Waals surface area (Å²) >= 11 is 8.15. The molecular formula is C20H24F2N10O10P2S2+2. The van der Waals surface area contributed by atoms with Crippen LogP contribution in [0.25, 0.3) is 22.3 Å². The Bertz CT molecular complexity index is 1800. The summed E-state index contributed by atoms with van der Waals surface area (Å²) in [7, 11) is -8.43. The average molecular weight is 729 g/mol. The average Bonchev–Trinajstić information content (AvgIpc) is 3.72. The van der Waals surface area contributed by atoms with Crippen molar-refractivity contribution in [3.05, 3.63) is 33.4 Å². The molecular weight excluding hydrogens is 704 g/mol. The predicted molar refractivity (Wildman–Crippen MR) is 161 cm³/mol. The molecule has 0 aliphatic carbocycles. The zero-order valence-corrected chi connectivity index (χ0v) is 26.3. The minimum atomic E-state index is -4.22. The van der Waals surface area contributed by atoms with Crippen LogP contribution in [0.2, 0.25) is 0 Å². The lowest BCUT2D eigenvalue weighted by Crippen LogP contribution is -2.38. The van der Waals surface area contributed by atoms with Gasteiger partial charge in [0, 0.05) is 0 Å². The van der Waals surface area contributed by atoms with E-state index in [9.17, 15) is 19.4 Å². The van der Waals surface area contributed by atoms with Crippen molar-refractivity contribution >= 4 is 73.0 Å². The van der Waals surface area contributed by atoms with Crippen molar-refractivity contribution in [1.29, 1.82) is 0 Å². The summed E-state index contributed by atoms with van der Waals surface area (Å²) in [5.41, 5.74) is 9.41. The predicted octanol–water partition coefficient (Wildman–Crippen LogP) is -0.0952. The maximum Gasteiger partial charge on any atom is 0.476 e. The van der Waals surface area contributed by atoms with Gasteiger partial charge in [0.25, 0.3) is 11.1 Å². The van der Waals surface area contributed by atoms with Gasteiger partial charge in [-0.3, -0.25) is 28.7 Å². The summed E-state index contributed by atoms with van der Waals surface area (Å²) in [6.07, 6.45) is -11.1. The van der Waals surface area contributed by atoms with Crippen LogP contribution >= 0.6 is 38.8 Å². The standard InChI is InChI=1S/C20H22F2N10O10P2S2/c21-7-11-5(39-17(7)31-3-25-9-13(31)27-19(23)29-15(9)33)1-37-43(35,45)42-12-6(2-38-44(36,46)41-11)40-18(8(12)22)32-4-26-10-14(32)28-20(24)30-16(10)34/h3-8,11-12,17-18,35-36,45-46H,1-2H2,(H4-2,23,24,27,28,29,30,33,34)/p+2. The molecule has 10 atom stereocenters. The van der Waals surface area contributed by atoms with Crippen LogP contribution in [-0.4, -0.2) is 98.8 Å². The monoisotopic (exact) mass is 728 g/mol. The van der Waals surface area contributed by atoms with E-state index in [0.717, 1.165) is 21.8 Å². The Morgan fingerprint density at radius 2 is 1.20 bits per heavy atom. The third kappa shape index (κ3) is 5.65. The first-order valence-corrected chi connectivity index (χ1v) is 18.6. The highest BCUT2D eigenvalue weighted by Crippen LogP contribution is 2.67. The summed E-state index contributed by atoms with van der Waals surface area (Å²) in [5.74, 6) is -0.525. The summed E-state index contributed by atoms with van der Waals surface area (Å²) in [5, 5.41) is 0. The zero-order chi connectivity index (χ0) is 32.7. The highest BCUT2D eigenvalue weighted by molar-refractivity contribution is 8.47. The van der Waals surface area contributed by atoms with E-state index in [1.807, 2.05) is 0 Å². The molecule has 248 valence electrons. The molecule has 46 heavy (non-hydrogen) atoms. The second kappa shape index (κ2) is 11.5. The third-order valence-corrected chi connectivity index (χ3v) is 10.6. The Balaban J connectivity index is 1.17. The number of rotatable bonds is 2. The molecule has 3 saturated heterocycles. The molecule has 8 N–H and O–H groups in total. The summed E-state index contributed by atoms with van der Waals surface area (Å²) < 4.78 is 68.0. The number of nitrogens with zero attached hydrogens (tertiary/aromatic N) is 6. The molecule has 3 fully saturated rings. The van der Waals surface area contributed by atoms with Crippen molar-refractivity contribution in [3.8, 4) is 0 Å². The Labute approximate surface area is 265 Å². The normalized spacial score (nSPS) is 37.2. The van der Waals surface area contributed by atoms with E-state index in [-0.39, 0.29) is 34.2 Å². The number of hydrogen-bond acceptors (Lipinski definition) is 18. The Hall–Kier alpha value is -2.60. The zero-order valence-electron chi connectivity index (χ0n) is 22.7. The number of H-pyrrole nitrogens is 2. The van der Waals surface area contributed by atoms with Gasteiger partial charge in [-0.2, -0.15) is 37.8 Å². The molecule has 7 rings (SSSR count). The maximum absolute atomic E-state index is 16.0. The van der Waals surface area contributed by atoms with Crippen molar-refractivity contribution in [3.63, 3.8) is 0 Å².